The van der Waals surface area contributed by atoms with Gasteiger partial charge in [0.1, 0.15) is 0 Å². The zero-order chi connectivity index (χ0) is 7.44. The molecule has 0 aliphatic carbocycles. The molecule has 0 aromatic rings. The molecule has 2 N–H and O–H groups in total. The molecule has 0 unspecified atom stereocenters. The van der Waals surface area contributed by atoms with E-state index in [1.807, 2.05) is 0 Å². The smallest absolute Gasteiger partial charge is 0.317 e. The molecule has 0 saturated carbocycles. The molecule has 0 aliphatic heterocycles. The van der Waals surface area contributed by atoms with Gasteiger partial charge in [-0.15, -0.1) is 0 Å². The Labute approximate surface area is 52.1 Å². The predicted octanol–water partition coefficient (Wildman–Crippen LogP) is -0.00401. The van der Waals surface area contributed by atoms with Crippen molar-refractivity contribution in [3.8, 4) is 0 Å². The molecule has 4 heteroatoms. The fourth-order valence-electron chi connectivity index (χ4n) is 0.353. The summed E-state index contributed by atoms with van der Waals surface area (Å²) >= 11 is 0. The third-order valence-corrected chi connectivity index (χ3v) is 0.885. The van der Waals surface area contributed by atoms with E-state index >= 15 is 0 Å². The van der Waals surface area contributed by atoms with Crippen LogP contribution in [0, 0.1) is 12.8 Å². The number of carbonyl (C=O) groups is 2. The lowest BCUT2D eigenvalue weighted by Crippen LogP contribution is -2.22. The first kappa shape index (κ1) is 7.94. The maximum absolute atomic E-state index is 9.95. The lowest BCUT2D eigenvalue weighted by molar-refractivity contribution is -0.154. The molecule has 0 bridgehead atoms. The highest BCUT2D eigenvalue weighted by Crippen LogP contribution is 2.00. The van der Waals surface area contributed by atoms with E-state index in [1.54, 1.807) is 0 Å². The summed E-state index contributed by atoms with van der Waals surface area (Å²) in [5.74, 6) is -4.03. The summed E-state index contributed by atoms with van der Waals surface area (Å²) < 4.78 is 0. The lowest BCUT2D eigenvalue weighted by atomic mass is 10.1. The maximum Gasteiger partial charge on any atom is 0.317 e. The zero-order valence-electron chi connectivity index (χ0n) is 4.70. The van der Waals surface area contributed by atoms with Gasteiger partial charge in [-0.1, -0.05) is 6.92 Å². The van der Waals surface area contributed by atoms with Crippen LogP contribution < -0.4 is 0 Å². The molecule has 0 spiro atoms. The second-order valence-electron chi connectivity index (χ2n) is 1.52. The number of rotatable bonds is 3. The Morgan fingerprint density at radius 2 is 1.67 bits per heavy atom. The second-order valence-corrected chi connectivity index (χ2v) is 1.52. The first-order valence-corrected chi connectivity index (χ1v) is 2.34. The zero-order valence-corrected chi connectivity index (χ0v) is 4.70. The molecule has 0 rings (SSSR count). The molecule has 0 aromatic carbocycles. The van der Waals surface area contributed by atoms with Crippen LogP contribution >= 0.6 is 0 Å². The van der Waals surface area contributed by atoms with Gasteiger partial charge in [0.15, 0.2) is 5.92 Å². The first-order chi connectivity index (χ1) is 4.09. The van der Waals surface area contributed by atoms with Gasteiger partial charge in [-0.2, -0.15) is 0 Å². The van der Waals surface area contributed by atoms with E-state index in [0.29, 0.717) is 0 Å². The minimum atomic E-state index is -1.36. The fraction of sp³-hybridized carbons (Fsp3) is 0.400. The Kier molecular flexibility index (Phi) is 2.70. The number of carboxylic acid groups (broad SMARTS) is 2. The Bertz CT molecular complexity index is 115. The fourth-order valence-corrected chi connectivity index (χ4v) is 0.353. The first-order valence-electron chi connectivity index (χ1n) is 2.34. The van der Waals surface area contributed by atoms with Crippen molar-refractivity contribution in [2.24, 2.45) is 5.92 Å². The summed E-state index contributed by atoms with van der Waals surface area (Å²) in [6, 6.07) is 0. The molecule has 1 radical (unpaired) electrons. The average molecular weight is 131 g/mol. The Balaban J connectivity index is 3.99. The highest BCUT2D eigenvalue weighted by atomic mass is 16.4. The van der Waals surface area contributed by atoms with Crippen molar-refractivity contribution in [1.29, 1.82) is 0 Å². The molecule has 4 nitrogen and oxygen atoms in total. The van der Waals surface area contributed by atoms with Gasteiger partial charge >= 0.3 is 11.9 Å². The average Bonchev–Trinajstić information content (AvgIpc) is 1.64. The number of hydrogen-bond acceptors (Lipinski definition) is 2. The molecule has 0 amide bonds. The van der Waals surface area contributed by atoms with E-state index in [-0.39, 0.29) is 6.42 Å². The summed E-state index contributed by atoms with van der Waals surface area (Å²) in [5.41, 5.74) is 0. The number of aliphatic carboxylic acids is 2. The summed E-state index contributed by atoms with van der Waals surface area (Å²) in [4.78, 5) is 19.9. The van der Waals surface area contributed by atoms with Gasteiger partial charge in [-0.3, -0.25) is 9.59 Å². The van der Waals surface area contributed by atoms with Gasteiger partial charge in [-0.25, -0.2) is 0 Å². The highest BCUT2D eigenvalue weighted by molar-refractivity contribution is 5.92. The van der Waals surface area contributed by atoms with Crippen molar-refractivity contribution in [2.75, 3.05) is 0 Å². The van der Waals surface area contributed by atoms with E-state index in [4.69, 9.17) is 10.2 Å². The topological polar surface area (TPSA) is 74.6 Å². The van der Waals surface area contributed by atoms with Crippen molar-refractivity contribution in [1.82, 2.24) is 0 Å². The summed E-state index contributed by atoms with van der Waals surface area (Å²) in [6.45, 7) is 3.17. The molecule has 9 heavy (non-hydrogen) atoms. The largest absolute Gasteiger partial charge is 0.481 e. The quantitative estimate of drug-likeness (QED) is 0.528. The van der Waals surface area contributed by atoms with Crippen LogP contribution in [-0.4, -0.2) is 22.2 Å². The number of carboxylic acids is 2. The molecule has 0 heterocycles. The van der Waals surface area contributed by atoms with Crippen LogP contribution in [0.3, 0.4) is 0 Å². The van der Waals surface area contributed by atoms with E-state index < -0.39 is 17.9 Å². The van der Waals surface area contributed by atoms with E-state index in [1.165, 1.54) is 0 Å². The second kappa shape index (κ2) is 3.06. The molecule has 0 aromatic heterocycles. The SMILES string of the molecule is [CH2]CC(C(=O)O)C(=O)O. The third kappa shape index (κ3) is 2.12. The standard InChI is InChI=1S/C5H7O4/c1-2-3(4(6)7)5(8)9/h3H,1-2H2,(H,6,7)(H,8,9). The van der Waals surface area contributed by atoms with Crippen molar-refractivity contribution < 1.29 is 19.8 Å². The summed E-state index contributed by atoms with van der Waals surface area (Å²) in [6.07, 6.45) is -0.120. The summed E-state index contributed by atoms with van der Waals surface area (Å²) in [5, 5.41) is 16.2. The monoisotopic (exact) mass is 131 g/mol. The Hall–Kier alpha value is -1.06. The minimum absolute atomic E-state index is 0.120. The number of hydrogen-bond donors (Lipinski definition) is 2. The normalized spacial score (nSPS) is 9.56. The van der Waals surface area contributed by atoms with Crippen LogP contribution in [0.5, 0.6) is 0 Å². The molecular formula is C5H7O4. The summed E-state index contributed by atoms with van der Waals surface area (Å²) in [7, 11) is 0. The molecule has 0 aliphatic rings. The van der Waals surface area contributed by atoms with Gasteiger partial charge < -0.3 is 10.2 Å². The third-order valence-electron chi connectivity index (χ3n) is 0.885. The van der Waals surface area contributed by atoms with Crippen molar-refractivity contribution in [3.63, 3.8) is 0 Å². The van der Waals surface area contributed by atoms with Crippen molar-refractivity contribution in [2.45, 2.75) is 6.42 Å². The highest BCUT2D eigenvalue weighted by Gasteiger charge is 2.22. The van der Waals surface area contributed by atoms with Gasteiger partial charge in [0.25, 0.3) is 0 Å². The van der Waals surface area contributed by atoms with Gasteiger partial charge in [-0.05, 0) is 6.42 Å². The van der Waals surface area contributed by atoms with Crippen LogP contribution in [0.4, 0.5) is 0 Å². The predicted molar refractivity (Wildman–Crippen MR) is 28.7 cm³/mol. The molecule has 0 atom stereocenters. The minimum Gasteiger partial charge on any atom is -0.481 e. The molecular weight excluding hydrogens is 124 g/mol. The van der Waals surface area contributed by atoms with E-state index in [2.05, 4.69) is 6.92 Å². The van der Waals surface area contributed by atoms with Crippen LogP contribution in [0.15, 0.2) is 0 Å². The molecule has 0 fully saturated rings. The maximum atomic E-state index is 9.95. The van der Waals surface area contributed by atoms with Crippen LogP contribution in [0.1, 0.15) is 6.42 Å². The van der Waals surface area contributed by atoms with E-state index in [0.717, 1.165) is 0 Å². The Morgan fingerprint density at radius 3 is 1.67 bits per heavy atom. The van der Waals surface area contributed by atoms with Gasteiger partial charge in [0.2, 0.25) is 0 Å². The molecule has 0 saturated heterocycles. The van der Waals surface area contributed by atoms with E-state index in [9.17, 15) is 9.59 Å². The molecule has 51 valence electrons. The van der Waals surface area contributed by atoms with Crippen molar-refractivity contribution >= 4 is 11.9 Å². The van der Waals surface area contributed by atoms with Crippen LogP contribution in [0.2, 0.25) is 0 Å². The lowest BCUT2D eigenvalue weighted by Gasteiger charge is -2.00. The Morgan fingerprint density at radius 1 is 1.33 bits per heavy atom. The van der Waals surface area contributed by atoms with Crippen LogP contribution in [-0.2, 0) is 9.59 Å². The van der Waals surface area contributed by atoms with Gasteiger partial charge in [0, 0.05) is 0 Å². The van der Waals surface area contributed by atoms with Crippen LogP contribution in [0.25, 0.3) is 0 Å². The van der Waals surface area contributed by atoms with Crippen molar-refractivity contribution in [3.05, 3.63) is 6.92 Å². The van der Waals surface area contributed by atoms with Gasteiger partial charge in [0.05, 0.1) is 0 Å².